The zero-order chi connectivity index (χ0) is 22.5. The second-order valence-corrected chi connectivity index (χ2v) is 8.62. The fourth-order valence-corrected chi connectivity index (χ4v) is 4.12. The lowest BCUT2D eigenvalue weighted by atomic mass is 10.0. The third-order valence-electron chi connectivity index (χ3n) is 4.75. The van der Waals surface area contributed by atoms with Gasteiger partial charge >= 0.3 is 11.9 Å². The zero-order valence-electron chi connectivity index (χ0n) is 18.1. The number of esters is 2. The Hall–Kier alpha value is -3.05. The molecule has 3 aromatic carbocycles. The van der Waals surface area contributed by atoms with Crippen LogP contribution in [0.4, 0.5) is 0 Å². The van der Waals surface area contributed by atoms with E-state index in [0.717, 1.165) is 23.5 Å². The fourth-order valence-electron chi connectivity index (χ4n) is 3.08. The molecule has 0 saturated carbocycles. The first-order chi connectivity index (χ1) is 14.8. The number of thioether (sulfide) groups is 1. The fraction of sp³-hybridized carbons (Fsp3) is 0.231. The molecule has 0 unspecified atom stereocenters. The van der Waals surface area contributed by atoms with Crippen LogP contribution >= 0.6 is 11.8 Å². The maximum absolute atomic E-state index is 12.4. The maximum Gasteiger partial charge on any atom is 0.338 e. The molecule has 0 aliphatic carbocycles. The summed E-state index contributed by atoms with van der Waals surface area (Å²) in [6.07, 6.45) is 2.23. The summed E-state index contributed by atoms with van der Waals surface area (Å²) in [6, 6.07) is 13.3. The molecule has 3 rings (SSSR count). The molecule has 31 heavy (non-hydrogen) atoms. The van der Waals surface area contributed by atoms with Crippen LogP contribution in [0.1, 0.15) is 33.6 Å². The molecule has 0 atom stereocenters. The van der Waals surface area contributed by atoms with Crippen molar-refractivity contribution in [2.24, 2.45) is 0 Å². The highest BCUT2D eigenvalue weighted by molar-refractivity contribution is 7.99. The Bertz CT molecular complexity index is 1190. The number of benzene rings is 3. The summed E-state index contributed by atoms with van der Waals surface area (Å²) in [4.78, 5) is 25.9. The van der Waals surface area contributed by atoms with Gasteiger partial charge in [0.15, 0.2) is 0 Å². The van der Waals surface area contributed by atoms with E-state index in [2.05, 4.69) is 20.1 Å². The van der Waals surface area contributed by atoms with Crippen molar-refractivity contribution in [2.75, 3.05) is 5.75 Å². The van der Waals surface area contributed by atoms with E-state index in [0.29, 0.717) is 44.2 Å². The largest absolute Gasteiger partial charge is 0.422 e. The zero-order valence-corrected chi connectivity index (χ0v) is 18.9. The first-order valence-corrected chi connectivity index (χ1v) is 11.2. The molecule has 0 aromatic heterocycles. The van der Waals surface area contributed by atoms with Gasteiger partial charge in [0.05, 0.1) is 0 Å². The summed E-state index contributed by atoms with van der Waals surface area (Å²) in [5.41, 5.74) is 0.616. The molecule has 0 heterocycles. The molecule has 0 aliphatic rings. The normalized spacial score (nSPS) is 10.8. The van der Waals surface area contributed by atoms with E-state index in [4.69, 9.17) is 9.47 Å². The summed E-state index contributed by atoms with van der Waals surface area (Å²) < 4.78 is 11.5. The van der Waals surface area contributed by atoms with Crippen LogP contribution in [0.15, 0.2) is 71.7 Å². The van der Waals surface area contributed by atoms with Gasteiger partial charge < -0.3 is 9.47 Å². The van der Waals surface area contributed by atoms with Gasteiger partial charge in [0.1, 0.15) is 11.5 Å². The van der Waals surface area contributed by atoms with Gasteiger partial charge in [-0.05, 0) is 44.2 Å². The van der Waals surface area contributed by atoms with E-state index >= 15 is 0 Å². The minimum atomic E-state index is -0.500. The van der Waals surface area contributed by atoms with Gasteiger partial charge in [-0.15, -0.1) is 11.8 Å². The molecule has 0 aliphatic heterocycles. The van der Waals surface area contributed by atoms with Gasteiger partial charge in [0, 0.05) is 37.6 Å². The number of hydrogen-bond donors (Lipinski definition) is 0. The molecular weight excluding hydrogens is 408 g/mol. The van der Waals surface area contributed by atoms with Gasteiger partial charge in [0.2, 0.25) is 0 Å². The molecule has 3 aromatic rings. The van der Waals surface area contributed by atoms with Crippen LogP contribution in [-0.2, 0) is 9.59 Å². The van der Waals surface area contributed by atoms with Crippen LogP contribution in [0.25, 0.3) is 21.5 Å². The van der Waals surface area contributed by atoms with Gasteiger partial charge in [0.25, 0.3) is 0 Å². The summed E-state index contributed by atoms with van der Waals surface area (Å²) >= 11 is 1.74. The standard InChI is InChI=1S/C26H26O4S/c1-6-7-14-31-18-12-13-21-22(15-18)24(30-26(28)17(4)5)20-11-9-8-10-19(20)23(21)29-25(27)16(2)3/h8-13,15H,2,4,6-7,14H2,1,3,5H3. The first-order valence-electron chi connectivity index (χ1n) is 10.2. The first kappa shape index (κ1) is 22.6. The monoisotopic (exact) mass is 434 g/mol. The second kappa shape index (κ2) is 9.84. The number of ether oxygens (including phenoxy) is 2. The quantitative estimate of drug-likeness (QED) is 0.0969. The minimum absolute atomic E-state index is 0.307. The predicted octanol–water partition coefficient (Wildman–Crippen LogP) is 6.85. The van der Waals surface area contributed by atoms with Crippen LogP contribution in [-0.4, -0.2) is 17.7 Å². The van der Waals surface area contributed by atoms with Crippen molar-refractivity contribution in [3.05, 3.63) is 66.8 Å². The van der Waals surface area contributed by atoms with Crippen molar-refractivity contribution in [1.29, 1.82) is 0 Å². The van der Waals surface area contributed by atoms with Crippen LogP contribution in [0.5, 0.6) is 11.5 Å². The van der Waals surface area contributed by atoms with Crippen LogP contribution < -0.4 is 9.47 Å². The molecule has 0 spiro atoms. The van der Waals surface area contributed by atoms with Crippen molar-refractivity contribution < 1.29 is 19.1 Å². The number of rotatable bonds is 8. The van der Waals surface area contributed by atoms with Crippen molar-refractivity contribution >= 4 is 45.2 Å². The lowest BCUT2D eigenvalue weighted by molar-refractivity contribution is -0.130. The Morgan fingerprint density at radius 1 is 0.839 bits per heavy atom. The molecular formula is C26H26O4S. The summed E-state index contributed by atoms with van der Waals surface area (Å²) in [6.45, 7) is 12.8. The predicted molar refractivity (Wildman–Crippen MR) is 128 cm³/mol. The van der Waals surface area contributed by atoms with E-state index in [9.17, 15) is 9.59 Å². The molecule has 0 saturated heterocycles. The van der Waals surface area contributed by atoms with E-state index in [1.54, 1.807) is 25.6 Å². The van der Waals surface area contributed by atoms with Crippen molar-refractivity contribution in [2.45, 2.75) is 38.5 Å². The summed E-state index contributed by atoms with van der Waals surface area (Å²) in [5.74, 6) is 0.862. The van der Waals surface area contributed by atoms with Gasteiger partial charge in [-0.1, -0.05) is 50.8 Å². The van der Waals surface area contributed by atoms with Gasteiger partial charge in [-0.2, -0.15) is 0 Å². The minimum Gasteiger partial charge on any atom is -0.422 e. The van der Waals surface area contributed by atoms with Crippen molar-refractivity contribution in [3.63, 3.8) is 0 Å². The van der Waals surface area contributed by atoms with Crippen LogP contribution in [0, 0.1) is 0 Å². The molecule has 0 amide bonds. The molecule has 0 fully saturated rings. The Kier molecular flexibility index (Phi) is 7.18. The highest BCUT2D eigenvalue weighted by Gasteiger charge is 2.21. The van der Waals surface area contributed by atoms with Crippen molar-refractivity contribution in [3.8, 4) is 11.5 Å². The lowest BCUT2D eigenvalue weighted by Gasteiger charge is -2.17. The lowest BCUT2D eigenvalue weighted by Crippen LogP contribution is -2.11. The number of hydrogen-bond acceptors (Lipinski definition) is 5. The second-order valence-electron chi connectivity index (χ2n) is 7.45. The summed E-state index contributed by atoms with van der Waals surface area (Å²) in [5, 5.41) is 2.77. The van der Waals surface area contributed by atoms with E-state index in [-0.39, 0.29) is 0 Å². The molecule has 0 radical (unpaired) electrons. The van der Waals surface area contributed by atoms with E-state index < -0.39 is 11.9 Å². The van der Waals surface area contributed by atoms with Crippen LogP contribution in [0.3, 0.4) is 0 Å². The third kappa shape index (κ3) is 5.00. The van der Waals surface area contributed by atoms with E-state index in [1.165, 1.54) is 0 Å². The SMILES string of the molecule is C=C(C)C(=O)Oc1c2ccccc2c(OC(=O)C(=C)C)c2cc(SCCCC)ccc12. The maximum atomic E-state index is 12.4. The van der Waals surface area contributed by atoms with Crippen molar-refractivity contribution in [1.82, 2.24) is 0 Å². The molecule has 0 bridgehead atoms. The Morgan fingerprint density at radius 3 is 1.87 bits per heavy atom. The Labute approximate surface area is 186 Å². The molecule has 0 N–H and O–H groups in total. The third-order valence-corrected chi connectivity index (χ3v) is 5.83. The Morgan fingerprint density at radius 2 is 1.35 bits per heavy atom. The highest BCUT2D eigenvalue weighted by Crippen LogP contribution is 2.44. The molecule has 4 nitrogen and oxygen atoms in total. The average molecular weight is 435 g/mol. The topological polar surface area (TPSA) is 52.6 Å². The Balaban J connectivity index is 2.29. The van der Waals surface area contributed by atoms with E-state index in [1.807, 2.05) is 42.5 Å². The smallest absolute Gasteiger partial charge is 0.338 e. The number of fused-ring (bicyclic) bond motifs is 2. The molecule has 160 valence electrons. The molecule has 5 heteroatoms. The number of carbonyl (C=O) groups excluding carboxylic acids is 2. The number of unbranched alkanes of at least 4 members (excludes halogenated alkanes) is 1. The van der Waals surface area contributed by atoms with Gasteiger partial charge in [-0.3, -0.25) is 0 Å². The highest BCUT2D eigenvalue weighted by atomic mass is 32.2. The van der Waals surface area contributed by atoms with Crippen LogP contribution in [0.2, 0.25) is 0 Å². The average Bonchev–Trinajstić information content (AvgIpc) is 2.75. The number of carbonyl (C=O) groups is 2. The van der Waals surface area contributed by atoms with Gasteiger partial charge in [-0.25, -0.2) is 9.59 Å². The summed E-state index contributed by atoms with van der Waals surface area (Å²) in [7, 11) is 0.